The fourth-order valence-electron chi connectivity index (χ4n) is 2.09. The normalized spacial score (nSPS) is 14.4. The van der Waals surface area contributed by atoms with E-state index in [4.69, 9.17) is 0 Å². The molecule has 4 heteroatoms. The van der Waals surface area contributed by atoms with E-state index >= 15 is 0 Å². The second-order valence-corrected chi connectivity index (χ2v) is 6.39. The van der Waals surface area contributed by atoms with E-state index in [2.05, 4.69) is 17.4 Å². The Kier molecular flexibility index (Phi) is 4.56. The predicted molar refractivity (Wildman–Crippen MR) is 82.2 cm³/mol. The molecule has 1 aliphatic carbocycles. The average molecular weight is 305 g/mol. The van der Waals surface area contributed by atoms with Crippen LogP contribution in [0.15, 0.2) is 47.4 Å². The summed E-state index contributed by atoms with van der Waals surface area (Å²) >= 11 is 1.64. The molecule has 21 heavy (non-hydrogen) atoms. The number of hydrogen-bond donors (Lipinski definition) is 1. The van der Waals surface area contributed by atoms with Gasteiger partial charge in [-0.05, 0) is 48.2 Å². The Hall–Kier alpha value is -1.39. The fourth-order valence-corrected chi connectivity index (χ4v) is 3.01. The van der Waals surface area contributed by atoms with Crippen molar-refractivity contribution >= 4 is 11.8 Å². The smallest absolute Gasteiger partial charge is 0.159 e. The fraction of sp³-hybridized carbons (Fsp3) is 0.294. The molecule has 0 aromatic heterocycles. The van der Waals surface area contributed by atoms with E-state index < -0.39 is 11.6 Å². The first-order chi connectivity index (χ1) is 10.2. The summed E-state index contributed by atoms with van der Waals surface area (Å²) in [5, 5.41) is 3.49. The van der Waals surface area contributed by atoms with Crippen LogP contribution in [-0.4, -0.2) is 6.04 Å². The molecular formula is C17H17F2NS. The van der Waals surface area contributed by atoms with Crippen molar-refractivity contribution in [2.24, 2.45) is 0 Å². The predicted octanol–water partition coefficient (Wildman–Crippen LogP) is 4.51. The van der Waals surface area contributed by atoms with E-state index in [1.165, 1.54) is 30.5 Å². The lowest BCUT2D eigenvalue weighted by atomic mass is 10.2. The number of thioether (sulfide) groups is 1. The molecule has 0 unspecified atom stereocenters. The molecule has 3 rings (SSSR count). The quantitative estimate of drug-likeness (QED) is 0.788. The van der Waals surface area contributed by atoms with Crippen LogP contribution in [0.1, 0.15) is 24.0 Å². The molecule has 0 atom stereocenters. The minimum atomic E-state index is -0.795. The van der Waals surface area contributed by atoms with Crippen LogP contribution in [0.5, 0.6) is 0 Å². The molecule has 1 N–H and O–H groups in total. The van der Waals surface area contributed by atoms with Gasteiger partial charge < -0.3 is 5.32 Å². The van der Waals surface area contributed by atoms with Crippen LogP contribution in [0.2, 0.25) is 0 Å². The van der Waals surface area contributed by atoms with Crippen molar-refractivity contribution in [1.82, 2.24) is 5.32 Å². The molecule has 0 spiro atoms. The van der Waals surface area contributed by atoms with Crippen LogP contribution in [0.25, 0.3) is 0 Å². The lowest BCUT2D eigenvalue weighted by Crippen LogP contribution is -2.15. The minimum Gasteiger partial charge on any atom is -0.310 e. The van der Waals surface area contributed by atoms with Gasteiger partial charge in [-0.25, -0.2) is 8.78 Å². The number of nitrogens with one attached hydrogen (secondary N) is 1. The zero-order chi connectivity index (χ0) is 14.7. The van der Waals surface area contributed by atoms with Gasteiger partial charge in [0.2, 0.25) is 0 Å². The van der Waals surface area contributed by atoms with Crippen molar-refractivity contribution < 1.29 is 8.78 Å². The van der Waals surface area contributed by atoms with Gasteiger partial charge in [-0.2, -0.15) is 0 Å². The van der Waals surface area contributed by atoms with E-state index in [0.29, 0.717) is 11.8 Å². The Balaban J connectivity index is 1.58. The summed E-state index contributed by atoms with van der Waals surface area (Å²) in [5.74, 6) is -0.941. The molecule has 2 aromatic carbocycles. The molecule has 0 radical (unpaired) electrons. The van der Waals surface area contributed by atoms with E-state index in [0.717, 1.165) is 17.0 Å². The molecule has 0 aliphatic heterocycles. The van der Waals surface area contributed by atoms with E-state index in [1.807, 2.05) is 12.1 Å². The number of hydrogen-bond acceptors (Lipinski definition) is 2. The maximum Gasteiger partial charge on any atom is 0.159 e. The van der Waals surface area contributed by atoms with Gasteiger partial charge in [-0.1, -0.05) is 18.2 Å². The minimum absolute atomic E-state index is 0.636. The summed E-state index contributed by atoms with van der Waals surface area (Å²) in [4.78, 5) is 1.15. The molecule has 1 nitrogen and oxygen atoms in total. The van der Waals surface area contributed by atoms with Crippen molar-refractivity contribution in [3.8, 4) is 0 Å². The largest absolute Gasteiger partial charge is 0.310 e. The highest BCUT2D eigenvalue weighted by Gasteiger charge is 2.19. The zero-order valence-electron chi connectivity index (χ0n) is 11.6. The molecule has 0 saturated heterocycles. The maximum absolute atomic E-state index is 13.2. The summed E-state index contributed by atoms with van der Waals surface area (Å²) in [6.07, 6.45) is 2.56. The van der Waals surface area contributed by atoms with Crippen LogP contribution < -0.4 is 5.32 Å². The van der Waals surface area contributed by atoms with Gasteiger partial charge in [0, 0.05) is 23.2 Å². The van der Waals surface area contributed by atoms with E-state index in [9.17, 15) is 8.78 Å². The monoisotopic (exact) mass is 305 g/mol. The lowest BCUT2D eigenvalue weighted by molar-refractivity contribution is 0.507. The van der Waals surface area contributed by atoms with Crippen LogP contribution in [0.3, 0.4) is 0 Å². The first-order valence-corrected chi connectivity index (χ1v) is 8.08. The average Bonchev–Trinajstić information content (AvgIpc) is 3.31. The van der Waals surface area contributed by atoms with Crippen LogP contribution in [-0.2, 0) is 12.3 Å². The van der Waals surface area contributed by atoms with Gasteiger partial charge in [0.05, 0.1) is 0 Å². The van der Waals surface area contributed by atoms with Gasteiger partial charge in [-0.3, -0.25) is 0 Å². The first kappa shape index (κ1) is 14.5. The molecule has 2 aromatic rings. The second kappa shape index (κ2) is 6.58. The van der Waals surface area contributed by atoms with Crippen molar-refractivity contribution in [2.45, 2.75) is 36.1 Å². The Morgan fingerprint density at radius 3 is 2.62 bits per heavy atom. The van der Waals surface area contributed by atoms with Crippen LogP contribution in [0, 0.1) is 11.6 Å². The molecule has 0 heterocycles. The molecule has 1 fully saturated rings. The highest BCUT2D eigenvalue weighted by atomic mass is 32.2. The van der Waals surface area contributed by atoms with E-state index in [-0.39, 0.29) is 0 Å². The topological polar surface area (TPSA) is 12.0 Å². The molecule has 0 bridgehead atoms. The highest BCUT2D eigenvalue weighted by molar-refractivity contribution is 7.98. The SMILES string of the molecule is Fc1ccc(CSc2cccc(CNC3CC3)c2)cc1F. The van der Waals surface area contributed by atoms with Gasteiger partial charge in [0.25, 0.3) is 0 Å². The summed E-state index contributed by atoms with van der Waals surface area (Å²) in [6.45, 7) is 0.893. The third kappa shape index (κ3) is 4.29. The second-order valence-electron chi connectivity index (χ2n) is 5.34. The van der Waals surface area contributed by atoms with Crippen molar-refractivity contribution in [3.05, 3.63) is 65.2 Å². The van der Waals surface area contributed by atoms with Crippen molar-refractivity contribution in [1.29, 1.82) is 0 Å². The Morgan fingerprint density at radius 2 is 1.86 bits per heavy atom. The summed E-state index contributed by atoms with van der Waals surface area (Å²) < 4.78 is 26.0. The number of benzene rings is 2. The van der Waals surface area contributed by atoms with Crippen LogP contribution in [0.4, 0.5) is 8.78 Å². The number of rotatable bonds is 6. The molecule has 1 aliphatic rings. The zero-order valence-corrected chi connectivity index (χ0v) is 12.4. The standard InChI is InChI=1S/C17H17F2NS/c18-16-7-4-13(9-17(16)19)11-21-15-3-1-2-12(8-15)10-20-14-5-6-14/h1-4,7-9,14,20H,5-6,10-11H2. The highest BCUT2D eigenvalue weighted by Crippen LogP contribution is 2.25. The third-order valence-electron chi connectivity index (χ3n) is 3.46. The summed E-state index contributed by atoms with van der Waals surface area (Å²) in [6, 6.07) is 13.1. The summed E-state index contributed by atoms with van der Waals surface area (Å²) in [5.41, 5.74) is 2.05. The van der Waals surface area contributed by atoms with Gasteiger partial charge in [0.1, 0.15) is 0 Å². The molecule has 110 valence electrons. The van der Waals surface area contributed by atoms with Gasteiger partial charge >= 0.3 is 0 Å². The first-order valence-electron chi connectivity index (χ1n) is 7.10. The summed E-state index contributed by atoms with van der Waals surface area (Å²) in [7, 11) is 0. The molecule has 0 amide bonds. The Bertz CT molecular complexity index is 626. The van der Waals surface area contributed by atoms with Crippen molar-refractivity contribution in [2.75, 3.05) is 0 Å². The van der Waals surface area contributed by atoms with E-state index in [1.54, 1.807) is 17.8 Å². The van der Waals surface area contributed by atoms with Crippen LogP contribution >= 0.6 is 11.8 Å². The van der Waals surface area contributed by atoms with Gasteiger partial charge in [-0.15, -0.1) is 11.8 Å². The Morgan fingerprint density at radius 1 is 1.00 bits per heavy atom. The maximum atomic E-state index is 13.2. The third-order valence-corrected chi connectivity index (χ3v) is 4.53. The number of halogens is 2. The molecular weight excluding hydrogens is 288 g/mol. The molecule has 1 saturated carbocycles. The lowest BCUT2D eigenvalue weighted by Gasteiger charge is -2.07. The Labute approximate surface area is 127 Å². The van der Waals surface area contributed by atoms with Crippen molar-refractivity contribution in [3.63, 3.8) is 0 Å². The van der Waals surface area contributed by atoms with Gasteiger partial charge in [0.15, 0.2) is 11.6 Å².